The second kappa shape index (κ2) is 5.98. The molecule has 3 rings (SSSR count). The van der Waals surface area contributed by atoms with Gasteiger partial charge in [-0.3, -0.25) is 0 Å². The number of fused-ring (bicyclic) bond motifs is 1. The number of aromatic nitrogens is 2. The van der Waals surface area contributed by atoms with Crippen LogP contribution in [0.5, 0.6) is 0 Å². The smallest absolute Gasteiger partial charge is 0.127 e. The molecule has 2 unspecified atom stereocenters. The maximum atomic E-state index is 6.13. The minimum atomic E-state index is 0.359. The number of imidazole rings is 1. The summed E-state index contributed by atoms with van der Waals surface area (Å²) in [4.78, 5) is 4.90. The first-order valence-corrected chi connectivity index (χ1v) is 8.38. The minimum Gasteiger partial charge on any atom is -0.324 e. The van der Waals surface area contributed by atoms with Gasteiger partial charge in [-0.2, -0.15) is 0 Å². The van der Waals surface area contributed by atoms with Crippen molar-refractivity contribution in [2.75, 3.05) is 6.54 Å². The fraction of sp³-hybridized carbons (Fsp3) is 0.588. The Hall–Kier alpha value is -1.06. The third kappa shape index (κ3) is 2.82. The lowest BCUT2D eigenvalue weighted by Crippen LogP contribution is -2.33. The van der Waals surface area contributed by atoms with Gasteiger partial charge in [0.05, 0.1) is 17.1 Å². The molecular formula is C17H24ClN3. The van der Waals surface area contributed by atoms with E-state index in [1.165, 1.54) is 30.6 Å². The second-order valence-corrected chi connectivity index (χ2v) is 6.81. The van der Waals surface area contributed by atoms with Crippen molar-refractivity contribution in [3.63, 3.8) is 0 Å². The van der Waals surface area contributed by atoms with Crippen LogP contribution in [0.25, 0.3) is 11.0 Å². The summed E-state index contributed by atoms with van der Waals surface area (Å²) in [5.41, 5.74) is 2.19. The van der Waals surface area contributed by atoms with Gasteiger partial charge in [-0.25, -0.2) is 4.98 Å². The normalized spacial score (nSPS) is 23.1. The third-order valence-corrected chi connectivity index (χ3v) is 4.83. The van der Waals surface area contributed by atoms with Crippen molar-refractivity contribution in [1.29, 1.82) is 0 Å². The van der Waals surface area contributed by atoms with Crippen LogP contribution in [0.4, 0.5) is 0 Å². The Morgan fingerprint density at radius 3 is 2.95 bits per heavy atom. The molecule has 1 aliphatic rings. The summed E-state index contributed by atoms with van der Waals surface area (Å²) in [6.45, 7) is 7.82. The van der Waals surface area contributed by atoms with Crippen LogP contribution >= 0.6 is 11.6 Å². The number of hydrogen-bond donors (Lipinski definition) is 1. The fourth-order valence-electron chi connectivity index (χ4n) is 3.44. The number of nitrogens with one attached hydrogen (secondary N) is 1. The molecule has 21 heavy (non-hydrogen) atoms. The van der Waals surface area contributed by atoms with Crippen molar-refractivity contribution in [1.82, 2.24) is 14.9 Å². The molecule has 1 aromatic carbocycles. The van der Waals surface area contributed by atoms with Crippen LogP contribution in [0.2, 0.25) is 5.02 Å². The second-order valence-electron chi connectivity index (χ2n) is 6.37. The quantitative estimate of drug-likeness (QED) is 0.889. The molecule has 2 aromatic rings. The topological polar surface area (TPSA) is 29.9 Å². The predicted molar refractivity (Wildman–Crippen MR) is 88.9 cm³/mol. The largest absolute Gasteiger partial charge is 0.324 e. The van der Waals surface area contributed by atoms with E-state index in [-0.39, 0.29) is 0 Å². The van der Waals surface area contributed by atoms with Crippen molar-refractivity contribution in [2.24, 2.45) is 5.92 Å². The van der Waals surface area contributed by atoms with E-state index in [1.807, 2.05) is 12.1 Å². The van der Waals surface area contributed by atoms with Crippen LogP contribution in [-0.2, 0) is 0 Å². The first-order chi connectivity index (χ1) is 10.1. The minimum absolute atomic E-state index is 0.359. The maximum Gasteiger partial charge on any atom is 0.127 e. The molecule has 2 heterocycles. The summed E-state index contributed by atoms with van der Waals surface area (Å²) >= 11 is 6.13. The van der Waals surface area contributed by atoms with E-state index in [9.17, 15) is 0 Å². The van der Waals surface area contributed by atoms with Gasteiger partial charge in [0.15, 0.2) is 0 Å². The van der Waals surface area contributed by atoms with E-state index in [0.29, 0.717) is 12.1 Å². The molecule has 0 spiro atoms. The predicted octanol–water partition coefficient (Wildman–Crippen LogP) is 4.72. The SMILES string of the molecule is CCC1CCNC(c2nc3cc(Cl)ccc3n2C(C)C)C1. The number of rotatable bonds is 3. The van der Waals surface area contributed by atoms with E-state index in [1.54, 1.807) is 0 Å². The van der Waals surface area contributed by atoms with E-state index < -0.39 is 0 Å². The van der Waals surface area contributed by atoms with Crippen LogP contribution in [0.1, 0.15) is 57.9 Å². The van der Waals surface area contributed by atoms with Crippen molar-refractivity contribution < 1.29 is 0 Å². The van der Waals surface area contributed by atoms with E-state index in [2.05, 4.69) is 36.7 Å². The van der Waals surface area contributed by atoms with Gasteiger partial charge in [-0.1, -0.05) is 24.9 Å². The van der Waals surface area contributed by atoms with Gasteiger partial charge in [0, 0.05) is 11.1 Å². The molecule has 3 nitrogen and oxygen atoms in total. The molecule has 2 atom stereocenters. The zero-order valence-electron chi connectivity index (χ0n) is 13.1. The molecule has 0 amide bonds. The molecule has 1 aliphatic heterocycles. The Kier molecular flexibility index (Phi) is 4.23. The zero-order valence-corrected chi connectivity index (χ0v) is 13.8. The molecule has 1 aromatic heterocycles. The van der Waals surface area contributed by atoms with Gasteiger partial charge in [-0.15, -0.1) is 0 Å². The highest BCUT2D eigenvalue weighted by atomic mass is 35.5. The maximum absolute atomic E-state index is 6.13. The van der Waals surface area contributed by atoms with Crippen molar-refractivity contribution in [2.45, 2.75) is 52.1 Å². The van der Waals surface area contributed by atoms with Gasteiger partial charge in [-0.05, 0) is 57.4 Å². The number of piperidine rings is 1. The lowest BCUT2D eigenvalue weighted by Gasteiger charge is -2.30. The van der Waals surface area contributed by atoms with Crippen molar-refractivity contribution in [3.05, 3.63) is 29.0 Å². The first kappa shape index (κ1) is 14.9. The summed E-state index contributed by atoms with van der Waals surface area (Å²) in [6, 6.07) is 6.78. The molecule has 4 heteroatoms. The Bertz CT molecular complexity index is 632. The van der Waals surface area contributed by atoms with E-state index in [0.717, 1.165) is 23.0 Å². The molecule has 1 N–H and O–H groups in total. The number of benzene rings is 1. The monoisotopic (exact) mass is 305 g/mol. The Labute approximate surface area is 131 Å². The lowest BCUT2D eigenvalue weighted by atomic mass is 9.90. The van der Waals surface area contributed by atoms with Crippen LogP contribution in [0, 0.1) is 5.92 Å². The summed E-state index contributed by atoms with van der Waals surface area (Å²) in [5, 5.41) is 4.41. The molecular weight excluding hydrogens is 282 g/mol. The van der Waals surface area contributed by atoms with Crippen LogP contribution in [-0.4, -0.2) is 16.1 Å². The van der Waals surface area contributed by atoms with E-state index in [4.69, 9.17) is 16.6 Å². The molecule has 0 saturated carbocycles. The Morgan fingerprint density at radius 1 is 1.43 bits per heavy atom. The Balaban J connectivity index is 2.06. The van der Waals surface area contributed by atoms with Gasteiger partial charge >= 0.3 is 0 Å². The fourth-order valence-corrected chi connectivity index (χ4v) is 3.61. The summed E-state index contributed by atoms with van der Waals surface area (Å²) in [6.07, 6.45) is 3.72. The molecule has 1 saturated heterocycles. The van der Waals surface area contributed by atoms with Crippen molar-refractivity contribution >= 4 is 22.6 Å². The number of hydrogen-bond acceptors (Lipinski definition) is 2. The first-order valence-electron chi connectivity index (χ1n) is 8.01. The highest BCUT2D eigenvalue weighted by Crippen LogP contribution is 2.33. The molecule has 0 radical (unpaired) electrons. The molecule has 0 bridgehead atoms. The number of halogens is 1. The third-order valence-electron chi connectivity index (χ3n) is 4.60. The molecule has 114 valence electrons. The highest BCUT2D eigenvalue weighted by Gasteiger charge is 2.27. The van der Waals surface area contributed by atoms with Gasteiger partial charge in [0.2, 0.25) is 0 Å². The van der Waals surface area contributed by atoms with Crippen molar-refractivity contribution in [3.8, 4) is 0 Å². The highest BCUT2D eigenvalue weighted by molar-refractivity contribution is 6.31. The van der Waals surface area contributed by atoms with Gasteiger partial charge in [0.25, 0.3) is 0 Å². The molecule has 0 aliphatic carbocycles. The van der Waals surface area contributed by atoms with E-state index >= 15 is 0 Å². The summed E-state index contributed by atoms with van der Waals surface area (Å²) < 4.78 is 2.36. The average Bonchev–Trinajstić information content (AvgIpc) is 2.85. The van der Waals surface area contributed by atoms with Crippen LogP contribution < -0.4 is 5.32 Å². The summed E-state index contributed by atoms with van der Waals surface area (Å²) in [5.74, 6) is 1.97. The standard InChI is InChI=1S/C17H24ClN3/c1-4-12-7-8-19-15(9-12)17-20-14-10-13(18)5-6-16(14)21(17)11(2)3/h5-6,10-12,15,19H,4,7-9H2,1-3H3. The van der Waals surface area contributed by atoms with Crippen LogP contribution in [0.15, 0.2) is 18.2 Å². The Morgan fingerprint density at radius 2 is 2.24 bits per heavy atom. The van der Waals surface area contributed by atoms with Gasteiger partial charge in [0.1, 0.15) is 5.82 Å². The molecule has 1 fully saturated rings. The van der Waals surface area contributed by atoms with Gasteiger partial charge < -0.3 is 9.88 Å². The average molecular weight is 306 g/mol. The zero-order chi connectivity index (χ0) is 15.0. The number of nitrogens with zero attached hydrogens (tertiary/aromatic N) is 2. The summed E-state index contributed by atoms with van der Waals surface area (Å²) in [7, 11) is 0. The van der Waals surface area contributed by atoms with Crippen LogP contribution in [0.3, 0.4) is 0 Å². The lowest BCUT2D eigenvalue weighted by molar-refractivity contribution is 0.284.